The van der Waals surface area contributed by atoms with Crippen molar-refractivity contribution in [1.82, 2.24) is 4.90 Å². The Hall–Kier alpha value is -0.800. The van der Waals surface area contributed by atoms with Crippen LogP contribution >= 0.6 is 0 Å². The largest absolute Gasteiger partial charge is 0.372 e. The van der Waals surface area contributed by atoms with E-state index in [-0.39, 0.29) is 0 Å². The number of hydrogen-bond donors (Lipinski definition) is 2. The van der Waals surface area contributed by atoms with Gasteiger partial charge in [-0.2, -0.15) is 0 Å². The van der Waals surface area contributed by atoms with E-state index in [1.165, 1.54) is 5.70 Å². The van der Waals surface area contributed by atoms with E-state index in [4.69, 9.17) is 11.5 Å². The van der Waals surface area contributed by atoms with Crippen LogP contribution < -0.4 is 11.5 Å². The van der Waals surface area contributed by atoms with Crippen LogP contribution in [-0.4, -0.2) is 23.7 Å². The van der Waals surface area contributed by atoms with E-state index in [9.17, 15) is 0 Å². The molecule has 0 aliphatic heterocycles. The minimum Gasteiger partial charge on any atom is -0.372 e. The number of rotatable bonds is 3. The van der Waals surface area contributed by atoms with Crippen LogP contribution in [0.1, 0.15) is 20.3 Å². The maximum Gasteiger partial charge on any atom is 0.0868 e. The third-order valence-corrected chi connectivity index (χ3v) is 2.36. The first kappa shape index (κ1) is 10.3. The molecule has 0 aromatic rings. The van der Waals surface area contributed by atoms with Gasteiger partial charge in [0.1, 0.15) is 0 Å². The molecule has 0 atom stereocenters. The first-order valence-corrected chi connectivity index (χ1v) is 4.81. The molecule has 0 radical (unpaired) electrons. The van der Waals surface area contributed by atoms with Gasteiger partial charge in [-0.25, -0.2) is 0 Å². The molecule has 0 amide bonds. The van der Waals surface area contributed by atoms with Crippen molar-refractivity contribution in [2.24, 2.45) is 11.5 Å². The highest BCUT2D eigenvalue weighted by Gasteiger charge is 2.18. The fraction of sp³-hybridized carbons (Fsp3) is 0.600. The Morgan fingerprint density at radius 1 is 1.38 bits per heavy atom. The van der Waals surface area contributed by atoms with Gasteiger partial charge in [-0.15, -0.1) is 0 Å². The van der Waals surface area contributed by atoms with Crippen molar-refractivity contribution < 1.29 is 0 Å². The summed E-state index contributed by atoms with van der Waals surface area (Å²) in [6.07, 6.45) is 6.71. The summed E-state index contributed by atoms with van der Waals surface area (Å²) in [5.41, 5.74) is 12.1. The normalized spacial score (nSPS) is 19.8. The predicted molar refractivity (Wildman–Crippen MR) is 55.9 cm³/mol. The molecule has 0 heterocycles. The number of nitrogens with two attached hydrogens (primary N) is 2. The van der Waals surface area contributed by atoms with E-state index in [0.717, 1.165) is 19.5 Å². The van der Waals surface area contributed by atoms with Crippen molar-refractivity contribution in [3.8, 4) is 0 Å². The van der Waals surface area contributed by atoms with Gasteiger partial charge in [-0.05, 0) is 26.0 Å². The smallest absolute Gasteiger partial charge is 0.0868 e. The van der Waals surface area contributed by atoms with Gasteiger partial charge in [-0.3, -0.25) is 0 Å². The van der Waals surface area contributed by atoms with Gasteiger partial charge < -0.3 is 16.4 Å². The second kappa shape index (κ2) is 3.94. The van der Waals surface area contributed by atoms with E-state index >= 15 is 0 Å². The molecule has 13 heavy (non-hydrogen) atoms. The molecule has 0 aromatic heterocycles. The summed E-state index contributed by atoms with van der Waals surface area (Å²) in [5, 5.41) is 0. The molecule has 0 unspecified atom stereocenters. The molecular formula is C10H19N3. The molecule has 0 bridgehead atoms. The second-order valence-corrected chi connectivity index (χ2v) is 3.45. The summed E-state index contributed by atoms with van der Waals surface area (Å²) in [7, 11) is 0. The highest BCUT2D eigenvalue weighted by molar-refractivity contribution is 5.27. The van der Waals surface area contributed by atoms with Crippen molar-refractivity contribution in [3.63, 3.8) is 0 Å². The van der Waals surface area contributed by atoms with Crippen molar-refractivity contribution in [2.75, 3.05) is 13.1 Å². The third kappa shape index (κ3) is 2.57. The van der Waals surface area contributed by atoms with E-state index in [1.54, 1.807) is 0 Å². The van der Waals surface area contributed by atoms with Crippen LogP contribution in [0.2, 0.25) is 0 Å². The average Bonchev–Trinajstić information content (AvgIpc) is 2.09. The summed E-state index contributed by atoms with van der Waals surface area (Å²) in [5.74, 6) is 0. The highest BCUT2D eigenvalue weighted by atomic mass is 15.1. The first-order valence-electron chi connectivity index (χ1n) is 4.81. The maximum atomic E-state index is 5.75. The zero-order chi connectivity index (χ0) is 9.90. The van der Waals surface area contributed by atoms with E-state index in [1.807, 2.05) is 12.2 Å². The van der Waals surface area contributed by atoms with Crippen molar-refractivity contribution in [1.29, 1.82) is 0 Å². The Labute approximate surface area is 80.1 Å². The lowest BCUT2D eigenvalue weighted by atomic mass is 10.0. The van der Waals surface area contributed by atoms with Gasteiger partial charge >= 0.3 is 0 Å². The van der Waals surface area contributed by atoms with Crippen LogP contribution in [0.3, 0.4) is 0 Å². The van der Waals surface area contributed by atoms with Gasteiger partial charge in [0.15, 0.2) is 0 Å². The molecule has 0 aromatic carbocycles. The molecule has 0 spiro atoms. The molecule has 0 saturated heterocycles. The Bertz CT molecular complexity index is 224. The standard InChI is InChI=1S/C10H19N3/c1-3-13(4-2)9-5-7-10(11,12)8-6-9/h5-7H,3-4,8,11-12H2,1-2H3. The van der Waals surface area contributed by atoms with Gasteiger partial charge in [-0.1, -0.05) is 6.08 Å². The van der Waals surface area contributed by atoms with Crippen molar-refractivity contribution >= 4 is 0 Å². The Balaban J connectivity index is 2.66. The zero-order valence-corrected chi connectivity index (χ0v) is 8.46. The Morgan fingerprint density at radius 2 is 2.00 bits per heavy atom. The molecule has 3 heteroatoms. The number of nitrogens with zero attached hydrogens (tertiary/aromatic N) is 1. The third-order valence-electron chi connectivity index (χ3n) is 2.36. The van der Waals surface area contributed by atoms with Gasteiger partial charge in [0.05, 0.1) is 5.66 Å². The topological polar surface area (TPSA) is 55.3 Å². The molecule has 74 valence electrons. The SMILES string of the molecule is CCN(CC)C1=CCC(N)(N)C=C1. The number of allylic oxidation sites excluding steroid dienone is 1. The summed E-state index contributed by atoms with van der Waals surface area (Å²) in [4.78, 5) is 2.28. The molecule has 1 rings (SSSR count). The van der Waals surface area contributed by atoms with Gasteiger partial charge in [0.2, 0.25) is 0 Å². The number of hydrogen-bond acceptors (Lipinski definition) is 3. The van der Waals surface area contributed by atoms with Crippen LogP contribution in [0.4, 0.5) is 0 Å². The van der Waals surface area contributed by atoms with Crippen LogP contribution in [0.25, 0.3) is 0 Å². The molecule has 0 saturated carbocycles. The summed E-state index contributed by atoms with van der Waals surface area (Å²) < 4.78 is 0. The van der Waals surface area contributed by atoms with Crippen LogP contribution in [-0.2, 0) is 0 Å². The lowest BCUT2D eigenvalue weighted by Crippen LogP contribution is -2.48. The van der Waals surface area contributed by atoms with E-state index in [0.29, 0.717) is 0 Å². The highest BCUT2D eigenvalue weighted by Crippen LogP contribution is 2.16. The minimum atomic E-state index is -0.642. The van der Waals surface area contributed by atoms with Gasteiger partial charge in [0, 0.05) is 25.2 Å². The lowest BCUT2D eigenvalue weighted by molar-refractivity contribution is 0.385. The van der Waals surface area contributed by atoms with Crippen LogP contribution in [0.15, 0.2) is 23.9 Å². The van der Waals surface area contributed by atoms with Crippen LogP contribution in [0.5, 0.6) is 0 Å². The fourth-order valence-electron chi connectivity index (χ4n) is 1.48. The van der Waals surface area contributed by atoms with Crippen LogP contribution in [0, 0.1) is 0 Å². The maximum absolute atomic E-state index is 5.75. The molecule has 3 nitrogen and oxygen atoms in total. The quantitative estimate of drug-likeness (QED) is 0.633. The summed E-state index contributed by atoms with van der Waals surface area (Å²) >= 11 is 0. The molecule has 1 aliphatic carbocycles. The van der Waals surface area contributed by atoms with E-state index in [2.05, 4.69) is 24.8 Å². The Kier molecular flexibility index (Phi) is 3.12. The molecule has 0 fully saturated rings. The average molecular weight is 181 g/mol. The van der Waals surface area contributed by atoms with E-state index < -0.39 is 5.66 Å². The molecule has 4 N–H and O–H groups in total. The first-order chi connectivity index (χ1) is 6.09. The monoisotopic (exact) mass is 181 g/mol. The lowest BCUT2D eigenvalue weighted by Gasteiger charge is -2.28. The van der Waals surface area contributed by atoms with Crippen molar-refractivity contribution in [3.05, 3.63) is 23.9 Å². The summed E-state index contributed by atoms with van der Waals surface area (Å²) in [6.45, 7) is 6.33. The second-order valence-electron chi connectivity index (χ2n) is 3.45. The Morgan fingerprint density at radius 3 is 2.38 bits per heavy atom. The fourth-order valence-corrected chi connectivity index (χ4v) is 1.48. The van der Waals surface area contributed by atoms with Gasteiger partial charge in [0.25, 0.3) is 0 Å². The molecular weight excluding hydrogens is 162 g/mol. The number of likely N-dealkylation sites (N-methyl/N-ethyl adjacent to an activating group) is 1. The summed E-state index contributed by atoms with van der Waals surface area (Å²) in [6, 6.07) is 0. The molecule has 1 aliphatic rings. The predicted octanol–water partition coefficient (Wildman–Crippen LogP) is 0.786. The minimum absolute atomic E-state index is 0.642. The van der Waals surface area contributed by atoms with Crippen molar-refractivity contribution in [2.45, 2.75) is 25.9 Å². The zero-order valence-electron chi connectivity index (χ0n) is 8.46.